The van der Waals surface area contributed by atoms with Gasteiger partial charge in [0.25, 0.3) is 6.01 Å². The van der Waals surface area contributed by atoms with Crippen LogP contribution in [0.25, 0.3) is 11.1 Å². The molecule has 3 heterocycles. The topological polar surface area (TPSA) is 92.9 Å². The minimum Gasteiger partial charge on any atom is -0.491 e. The molecule has 8 nitrogen and oxygen atoms in total. The summed E-state index contributed by atoms with van der Waals surface area (Å²) in [6, 6.07) is 5.97. The lowest BCUT2D eigenvalue weighted by Crippen LogP contribution is -2.38. The van der Waals surface area contributed by atoms with Crippen molar-refractivity contribution in [1.82, 2.24) is 14.9 Å². The van der Waals surface area contributed by atoms with Gasteiger partial charge in [-0.1, -0.05) is 0 Å². The van der Waals surface area contributed by atoms with Crippen molar-refractivity contribution < 1.29 is 23.4 Å². The number of pyridine rings is 1. The second-order valence-corrected chi connectivity index (χ2v) is 7.75. The lowest BCUT2D eigenvalue weighted by molar-refractivity contribution is 0.209. The van der Waals surface area contributed by atoms with Crippen LogP contribution in [-0.4, -0.2) is 52.3 Å². The van der Waals surface area contributed by atoms with Gasteiger partial charge in [0, 0.05) is 31.9 Å². The van der Waals surface area contributed by atoms with Crippen molar-refractivity contribution in [2.45, 2.75) is 45.9 Å². The molecule has 1 aliphatic heterocycles. The Bertz CT molecular complexity index is 1020. The van der Waals surface area contributed by atoms with Crippen molar-refractivity contribution in [3.05, 3.63) is 41.5 Å². The molecule has 3 aromatic rings. The van der Waals surface area contributed by atoms with E-state index in [9.17, 15) is 9.50 Å². The van der Waals surface area contributed by atoms with E-state index in [1.165, 1.54) is 0 Å². The minimum absolute atomic E-state index is 0.191. The van der Waals surface area contributed by atoms with Gasteiger partial charge < -0.3 is 24.3 Å². The average Bonchev–Trinajstić information content (AvgIpc) is 3.21. The fourth-order valence-electron chi connectivity index (χ4n) is 3.99. The van der Waals surface area contributed by atoms with Gasteiger partial charge in [0.15, 0.2) is 17.1 Å². The Morgan fingerprint density at radius 1 is 1.19 bits per heavy atom. The van der Waals surface area contributed by atoms with Crippen LogP contribution < -0.4 is 14.8 Å². The van der Waals surface area contributed by atoms with Gasteiger partial charge in [0.1, 0.15) is 11.2 Å². The number of nitrogens with zero attached hydrogens (tertiary/aromatic N) is 3. The monoisotopic (exact) mass is 444 g/mol. The predicted molar refractivity (Wildman–Crippen MR) is 118 cm³/mol. The Kier molecular flexibility index (Phi) is 7.06. The van der Waals surface area contributed by atoms with Crippen molar-refractivity contribution in [3.63, 3.8) is 0 Å². The maximum Gasteiger partial charge on any atom is 0.295 e. The molecule has 1 saturated heterocycles. The molecule has 1 aromatic carbocycles. The molecule has 4 rings (SSSR count). The van der Waals surface area contributed by atoms with E-state index in [1.54, 1.807) is 24.4 Å². The van der Waals surface area contributed by atoms with Crippen LogP contribution in [0.5, 0.6) is 11.5 Å². The Labute approximate surface area is 186 Å². The Morgan fingerprint density at radius 2 is 1.88 bits per heavy atom. The fourth-order valence-corrected chi connectivity index (χ4v) is 3.99. The van der Waals surface area contributed by atoms with E-state index >= 15 is 0 Å². The molecular formula is C23H29FN4O4. The van der Waals surface area contributed by atoms with Crippen LogP contribution in [0.2, 0.25) is 0 Å². The van der Waals surface area contributed by atoms with Gasteiger partial charge in [-0.25, -0.2) is 0 Å². The molecule has 0 radical (unpaired) electrons. The van der Waals surface area contributed by atoms with Crippen molar-refractivity contribution in [2.75, 3.05) is 31.6 Å². The summed E-state index contributed by atoms with van der Waals surface area (Å²) < 4.78 is 31.2. The molecule has 0 aliphatic carbocycles. The molecule has 0 saturated carbocycles. The van der Waals surface area contributed by atoms with E-state index in [1.807, 2.05) is 13.8 Å². The number of oxazole rings is 1. The van der Waals surface area contributed by atoms with Crippen LogP contribution in [0, 0.1) is 5.82 Å². The van der Waals surface area contributed by atoms with Gasteiger partial charge in [-0.05, 0) is 50.5 Å². The average molecular weight is 445 g/mol. The number of piperidine rings is 1. The zero-order valence-corrected chi connectivity index (χ0v) is 18.4. The number of benzene rings is 1. The summed E-state index contributed by atoms with van der Waals surface area (Å²) in [5, 5.41) is 12.8. The number of aromatic nitrogens is 2. The first-order valence-corrected chi connectivity index (χ1v) is 11.0. The number of anilines is 1. The zero-order chi connectivity index (χ0) is 22.5. The second-order valence-electron chi connectivity index (χ2n) is 7.75. The molecule has 32 heavy (non-hydrogen) atoms. The summed E-state index contributed by atoms with van der Waals surface area (Å²) in [5.74, 6) is 0.0219. The van der Waals surface area contributed by atoms with Gasteiger partial charge in [-0.3, -0.25) is 9.88 Å². The first kappa shape index (κ1) is 22.3. The minimum atomic E-state index is -0.446. The molecular weight excluding hydrogens is 415 g/mol. The summed E-state index contributed by atoms with van der Waals surface area (Å²) in [4.78, 5) is 10.9. The van der Waals surface area contributed by atoms with Crippen LogP contribution >= 0.6 is 0 Å². The van der Waals surface area contributed by atoms with Gasteiger partial charge in [-0.15, -0.1) is 0 Å². The van der Waals surface area contributed by atoms with Gasteiger partial charge in [-0.2, -0.15) is 9.37 Å². The van der Waals surface area contributed by atoms with Crippen LogP contribution in [0.3, 0.4) is 0 Å². The standard InChI is InChI=1S/C23H29FN4O4/c1-3-30-19-11-15(12-20(21(19)24)31-4-2)13-28-9-6-16(7-10-28)26-23-27-17-5-8-25-18(14-29)22(17)32-23/h5,8,11-12,16,29H,3-4,6-7,9-10,13-14H2,1-2H3,(H,26,27). The van der Waals surface area contributed by atoms with Crippen molar-refractivity contribution in [2.24, 2.45) is 0 Å². The smallest absolute Gasteiger partial charge is 0.295 e. The molecule has 172 valence electrons. The number of aliphatic hydroxyl groups is 1. The Morgan fingerprint density at radius 3 is 2.50 bits per heavy atom. The third kappa shape index (κ3) is 4.94. The first-order chi connectivity index (χ1) is 15.6. The van der Waals surface area contributed by atoms with Gasteiger partial charge >= 0.3 is 0 Å². The van der Waals surface area contributed by atoms with E-state index < -0.39 is 5.82 Å². The number of nitrogens with one attached hydrogen (secondary N) is 1. The van der Waals surface area contributed by atoms with Crippen LogP contribution in [0.1, 0.15) is 37.9 Å². The van der Waals surface area contributed by atoms with Crippen LogP contribution in [0.15, 0.2) is 28.8 Å². The third-order valence-electron chi connectivity index (χ3n) is 5.51. The fraction of sp³-hybridized carbons (Fsp3) is 0.478. The second kappa shape index (κ2) is 10.1. The van der Waals surface area contributed by atoms with Crippen LogP contribution in [-0.2, 0) is 13.2 Å². The van der Waals surface area contributed by atoms with E-state index in [2.05, 4.69) is 20.2 Å². The van der Waals surface area contributed by atoms with E-state index in [4.69, 9.17) is 13.9 Å². The SMILES string of the molecule is CCOc1cc(CN2CCC(Nc3nc4ccnc(CO)c4o3)CC2)cc(OCC)c1F. The number of aliphatic hydroxyl groups excluding tert-OH is 1. The molecule has 0 spiro atoms. The maximum atomic E-state index is 14.5. The summed E-state index contributed by atoms with van der Waals surface area (Å²) in [5.41, 5.74) is 2.64. The highest BCUT2D eigenvalue weighted by Gasteiger charge is 2.22. The number of hydrogen-bond donors (Lipinski definition) is 2. The normalized spacial score (nSPS) is 15.2. The predicted octanol–water partition coefficient (Wildman–Crippen LogP) is 3.73. The molecule has 1 aliphatic rings. The zero-order valence-electron chi connectivity index (χ0n) is 18.4. The highest BCUT2D eigenvalue weighted by atomic mass is 19.1. The number of rotatable bonds is 9. The molecule has 1 fully saturated rings. The number of hydrogen-bond acceptors (Lipinski definition) is 8. The number of halogens is 1. The largest absolute Gasteiger partial charge is 0.491 e. The summed E-state index contributed by atoms with van der Waals surface area (Å²) in [6.07, 6.45) is 3.45. The van der Waals surface area contributed by atoms with Gasteiger partial charge in [0.05, 0.1) is 19.8 Å². The van der Waals surface area contributed by atoms with E-state index in [0.717, 1.165) is 31.5 Å². The number of likely N-dealkylation sites (tertiary alicyclic amines) is 1. The quantitative estimate of drug-likeness (QED) is 0.516. The van der Waals surface area contributed by atoms with Crippen LogP contribution in [0.4, 0.5) is 10.4 Å². The molecule has 0 amide bonds. The summed E-state index contributed by atoms with van der Waals surface area (Å²) in [6.45, 7) is 6.73. The summed E-state index contributed by atoms with van der Waals surface area (Å²) >= 11 is 0. The Hall–Kier alpha value is -2.91. The van der Waals surface area contributed by atoms with Gasteiger partial charge in [0.2, 0.25) is 5.82 Å². The molecule has 2 aromatic heterocycles. The molecule has 2 N–H and O–H groups in total. The van der Waals surface area contributed by atoms with E-state index in [-0.39, 0.29) is 24.1 Å². The molecule has 0 bridgehead atoms. The Balaban J connectivity index is 1.37. The lowest BCUT2D eigenvalue weighted by Gasteiger charge is -2.32. The highest BCUT2D eigenvalue weighted by Crippen LogP contribution is 2.30. The number of ether oxygens (including phenoxy) is 2. The highest BCUT2D eigenvalue weighted by molar-refractivity contribution is 5.76. The summed E-state index contributed by atoms with van der Waals surface area (Å²) in [7, 11) is 0. The lowest BCUT2D eigenvalue weighted by atomic mass is 10.0. The first-order valence-electron chi connectivity index (χ1n) is 11.0. The maximum absolute atomic E-state index is 14.5. The molecule has 0 atom stereocenters. The van der Waals surface area contributed by atoms with Crippen molar-refractivity contribution in [3.8, 4) is 11.5 Å². The van der Waals surface area contributed by atoms with Crippen molar-refractivity contribution >= 4 is 17.1 Å². The third-order valence-corrected chi connectivity index (χ3v) is 5.51. The molecule has 9 heteroatoms. The number of fused-ring (bicyclic) bond motifs is 1. The molecule has 0 unspecified atom stereocenters. The van der Waals surface area contributed by atoms with E-state index in [0.29, 0.717) is 42.6 Å². The van der Waals surface area contributed by atoms with Crippen molar-refractivity contribution in [1.29, 1.82) is 0 Å².